The smallest absolute Gasteiger partial charge is 0.294 e. The summed E-state index contributed by atoms with van der Waals surface area (Å²) in [6.07, 6.45) is 3.96. The number of rotatable bonds is 4. The summed E-state index contributed by atoms with van der Waals surface area (Å²) in [6, 6.07) is 6.77. The molecule has 150 valence electrons. The van der Waals surface area contributed by atoms with E-state index in [1.54, 1.807) is 30.1 Å². The predicted molar refractivity (Wildman–Crippen MR) is 110 cm³/mol. The number of nitrogens with zero attached hydrogens (tertiary/aromatic N) is 6. The lowest BCUT2D eigenvalue weighted by Crippen LogP contribution is -2.44. The molecule has 1 aliphatic rings. The van der Waals surface area contributed by atoms with Gasteiger partial charge in [0.25, 0.3) is 5.56 Å². The number of pyridine rings is 1. The summed E-state index contributed by atoms with van der Waals surface area (Å²) in [5.41, 5.74) is 1.52. The summed E-state index contributed by atoms with van der Waals surface area (Å²) in [6.45, 7) is 5.59. The van der Waals surface area contributed by atoms with E-state index in [1.165, 1.54) is 4.68 Å². The van der Waals surface area contributed by atoms with Crippen molar-refractivity contribution in [1.82, 2.24) is 29.6 Å². The van der Waals surface area contributed by atoms with Gasteiger partial charge in [0.2, 0.25) is 11.8 Å². The van der Waals surface area contributed by atoms with Crippen LogP contribution in [0.3, 0.4) is 0 Å². The largest absolute Gasteiger partial charge is 0.481 e. The van der Waals surface area contributed by atoms with E-state index in [9.17, 15) is 4.79 Å². The summed E-state index contributed by atoms with van der Waals surface area (Å²) in [4.78, 5) is 24.3. The molecule has 0 saturated carbocycles. The maximum absolute atomic E-state index is 13.3. The molecule has 1 N–H and O–H groups in total. The van der Waals surface area contributed by atoms with E-state index in [0.29, 0.717) is 29.3 Å². The fraction of sp³-hybridized carbons (Fsp3) is 0.400. The van der Waals surface area contributed by atoms with E-state index in [-0.39, 0.29) is 12.1 Å². The third-order valence-corrected chi connectivity index (χ3v) is 4.77. The van der Waals surface area contributed by atoms with Crippen molar-refractivity contribution >= 4 is 17.0 Å². The van der Waals surface area contributed by atoms with Gasteiger partial charge < -0.3 is 15.0 Å². The van der Waals surface area contributed by atoms with Crippen molar-refractivity contribution in [3.05, 3.63) is 40.4 Å². The summed E-state index contributed by atoms with van der Waals surface area (Å²) >= 11 is 0. The average Bonchev–Trinajstić information content (AvgIpc) is 3.14. The maximum Gasteiger partial charge on any atom is 0.294 e. The molecule has 0 aliphatic carbocycles. The highest BCUT2D eigenvalue weighted by atomic mass is 16.5. The lowest BCUT2D eigenvalue weighted by Gasteiger charge is -2.27. The first kappa shape index (κ1) is 19.0. The molecule has 0 spiro atoms. The highest BCUT2D eigenvalue weighted by Gasteiger charge is 2.21. The first-order valence-corrected chi connectivity index (χ1v) is 9.64. The third-order valence-electron chi connectivity index (χ3n) is 4.77. The molecule has 29 heavy (non-hydrogen) atoms. The molecule has 0 atom stereocenters. The fourth-order valence-corrected chi connectivity index (χ4v) is 3.36. The standard InChI is InChI=1S/C20H23N7O2/c1-3-4-10-26-17-16(24-20(26)25-11-8-21-9-12-25)13-23-27(19(17)28)14-15-6-5-7-22-18(15)29-2/h5-7,13,21H,3,8-9,11-12,14H2,1-2H3. The Balaban J connectivity index is 1.83. The highest BCUT2D eigenvalue weighted by molar-refractivity contribution is 5.78. The monoisotopic (exact) mass is 393 g/mol. The van der Waals surface area contributed by atoms with Gasteiger partial charge in [-0.2, -0.15) is 5.10 Å². The number of fused-ring (bicyclic) bond motifs is 1. The van der Waals surface area contributed by atoms with Gasteiger partial charge in [0, 0.05) is 50.4 Å². The van der Waals surface area contributed by atoms with Gasteiger partial charge in [-0.1, -0.05) is 18.9 Å². The number of methoxy groups -OCH3 is 1. The zero-order valence-corrected chi connectivity index (χ0v) is 16.6. The van der Waals surface area contributed by atoms with Gasteiger partial charge in [0.05, 0.1) is 19.9 Å². The van der Waals surface area contributed by atoms with Gasteiger partial charge in [-0.25, -0.2) is 19.2 Å². The minimum atomic E-state index is -0.243. The summed E-state index contributed by atoms with van der Waals surface area (Å²) in [7, 11) is 1.56. The maximum atomic E-state index is 13.3. The van der Waals surface area contributed by atoms with Crippen molar-refractivity contribution in [3.8, 4) is 17.8 Å². The van der Waals surface area contributed by atoms with Crippen molar-refractivity contribution in [2.45, 2.75) is 19.9 Å². The zero-order valence-electron chi connectivity index (χ0n) is 16.6. The fourth-order valence-electron chi connectivity index (χ4n) is 3.36. The number of anilines is 1. The van der Waals surface area contributed by atoms with Gasteiger partial charge in [0.1, 0.15) is 5.52 Å². The number of hydrogen-bond donors (Lipinski definition) is 1. The van der Waals surface area contributed by atoms with Crippen molar-refractivity contribution in [2.24, 2.45) is 0 Å². The van der Waals surface area contributed by atoms with Gasteiger partial charge in [-0.3, -0.25) is 4.79 Å². The first-order chi connectivity index (χ1) is 14.2. The molecular formula is C20H23N7O2. The SMILES string of the molecule is CCC#Cn1c(N2CCNCC2)nc2cnn(Cc3cccnc3OC)c(=O)c21. The molecule has 0 bridgehead atoms. The van der Waals surface area contributed by atoms with E-state index < -0.39 is 0 Å². The second-order valence-electron chi connectivity index (χ2n) is 6.64. The van der Waals surface area contributed by atoms with Crippen LogP contribution in [0.5, 0.6) is 5.88 Å². The molecule has 0 unspecified atom stereocenters. The predicted octanol–water partition coefficient (Wildman–Crippen LogP) is 0.673. The van der Waals surface area contributed by atoms with Crippen LogP contribution in [0, 0.1) is 12.0 Å². The Morgan fingerprint density at radius 3 is 2.90 bits per heavy atom. The number of nitrogens with one attached hydrogen (secondary N) is 1. The molecule has 4 rings (SSSR count). The van der Waals surface area contributed by atoms with Crippen LogP contribution in [0.2, 0.25) is 0 Å². The van der Waals surface area contributed by atoms with Crippen LogP contribution in [0.4, 0.5) is 5.95 Å². The second-order valence-corrected chi connectivity index (χ2v) is 6.64. The van der Waals surface area contributed by atoms with Crippen LogP contribution in [-0.2, 0) is 6.54 Å². The van der Waals surface area contributed by atoms with E-state index in [0.717, 1.165) is 31.7 Å². The van der Waals surface area contributed by atoms with Crippen LogP contribution in [0.25, 0.3) is 11.0 Å². The molecule has 9 nitrogen and oxygen atoms in total. The average molecular weight is 393 g/mol. The first-order valence-electron chi connectivity index (χ1n) is 9.64. The topological polar surface area (TPSA) is 90.1 Å². The number of ether oxygens (including phenoxy) is 1. The quantitative estimate of drug-likeness (QED) is 0.652. The molecule has 3 aromatic rings. The Hall–Kier alpha value is -3.38. The molecule has 1 saturated heterocycles. The molecule has 1 aliphatic heterocycles. The molecular weight excluding hydrogens is 370 g/mol. The molecule has 0 aromatic carbocycles. The van der Waals surface area contributed by atoms with Crippen molar-refractivity contribution in [1.29, 1.82) is 0 Å². The molecule has 0 amide bonds. The van der Waals surface area contributed by atoms with E-state index >= 15 is 0 Å². The van der Waals surface area contributed by atoms with Crippen LogP contribution in [-0.4, -0.2) is 57.6 Å². The van der Waals surface area contributed by atoms with Gasteiger partial charge in [-0.15, -0.1) is 0 Å². The van der Waals surface area contributed by atoms with Crippen molar-refractivity contribution < 1.29 is 4.74 Å². The zero-order chi connectivity index (χ0) is 20.2. The Morgan fingerprint density at radius 1 is 1.31 bits per heavy atom. The van der Waals surface area contributed by atoms with Gasteiger partial charge >= 0.3 is 0 Å². The Kier molecular flexibility index (Phi) is 5.44. The lowest BCUT2D eigenvalue weighted by molar-refractivity contribution is 0.389. The highest BCUT2D eigenvalue weighted by Crippen LogP contribution is 2.20. The Morgan fingerprint density at radius 2 is 2.14 bits per heavy atom. The lowest BCUT2D eigenvalue weighted by atomic mass is 10.2. The summed E-state index contributed by atoms with van der Waals surface area (Å²) in [5.74, 6) is 4.24. The summed E-state index contributed by atoms with van der Waals surface area (Å²) in [5, 5.41) is 7.65. The number of hydrogen-bond acceptors (Lipinski definition) is 7. The van der Waals surface area contributed by atoms with Crippen LogP contribution < -0.4 is 20.5 Å². The Labute approximate surface area is 168 Å². The normalized spacial score (nSPS) is 13.9. The van der Waals surface area contributed by atoms with Crippen LogP contribution >= 0.6 is 0 Å². The molecule has 9 heteroatoms. The van der Waals surface area contributed by atoms with Crippen molar-refractivity contribution in [2.75, 3.05) is 38.2 Å². The van der Waals surface area contributed by atoms with E-state index in [1.807, 2.05) is 13.0 Å². The van der Waals surface area contributed by atoms with Crippen molar-refractivity contribution in [3.63, 3.8) is 0 Å². The summed E-state index contributed by atoms with van der Waals surface area (Å²) < 4.78 is 8.41. The van der Waals surface area contributed by atoms with Gasteiger partial charge in [0.15, 0.2) is 5.52 Å². The third kappa shape index (κ3) is 3.67. The molecule has 3 aromatic heterocycles. The van der Waals surface area contributed by atoms with Crippen LogP contribution in [0.1, 0.15) is 18.9 Å². The number of imidazole rings is 1. The molecule has 0 radical (unpaired) electrons. The minimum Gasteiger partial charge on any atom is -0.481 e. The number of piperazine rings is 1. The van der Waals surface area contributed by atoms with E-state index in [2.05, 4.69) is 37.2 Å². The van der Waals surface area contributed by atoms with E-state index in [4.69, 9.17) is 4.74 Å². The van der Waals surface area contributed by atoms with Crippen LogP contribution in [0.15, 0.2) is 29.3 Å². The second kappa shape index (κ2) is 8.32. The number of aromatic nitrogens is 5. The molecule has 4 heterocycles. The minimum absolute atomic E-state index is 0.243. The Bertz CT molecular complexity index is 1130. The van der Waals surface area contributed by atoms with Gasteiger partial charge in [-0.05, 0) is 6.07 Å². The molecule has 1 fully saturated rings.